The van der Waals surface area contributed by atoms with Crippen molar-refractivity contribution in [3.05, 3.63) is 34.4 Å². The molecule has 0 saturated heterocycles. The van der Waals surface area contributed by atoms with E-state index in [2.05, 4.69) is 45.1 Å². The molecule has 17 heavy (non-hydrogen) atoms. The van der Waals surface area contributed by atoms with Crippen molar-refractivity contribution >= 4 is 0 Å². The quantitative estimate of drug-likeness (QED) is 0.794. The molecule has 0 aromatic heterocycles. The van der Waals surface area contributed by atoms with Crippen molar-refractivity contribution < 1.29 is 5.11 Å². The van der Waals surface area contributed by atoms with Crippen LogP contribution in [0.1, 0.15) is 35.6 Å². The first-order chi connectivity index (χ1) is 8.04. The smallest absolute Gasteiger partial charge is 0.0434 e. The molecule has 0 saturated carbocycles. The highest BCUT2D eigenvalue weighted by atomic mass is 16.3. The van der Waals surface area contributed by atoms with Gasteiger partial charge >= 0.3 is 0 Å². The van der Waals surface area contributed by atoms with Crippen molar-refractivity contribution in [3.63, 3.8) is 0 Å². The van der Waals surface area contributed by atoms with Crippen LogP contribution < -0.4 is 5.32 Å². The van der Waals surface area contributed by atoms with Crippen LogP contribution in [0, 0.1) is 26.7 Å². The van der Waals surface area contributed by atoms with Crippen LogP contribution >= 0.6 is 0 Å². The lowest BCUT2D eigenvalue weighted by atomic mass is 10.0. The molecule has 0 fully saturated rings. The van der Waals surface area contributed by atoms with Gasteiger partial charge in [0.05, 0.1) is 0 Å². The monoisotopic (exact) mass is 235 g/mol. The Bertz CT molecular complexity index is 360. The number of hydrogen-bond donors (Lipinski definition) is 2. The van der Waals surface area contributed by atoms with Gasteiger partial charge in [0.25, 0.3) is 0 Å². The van der Waals surface area contributed by atoms with E-state index in [9.17, 15) is 0 Å². The molecule has 0 spiro atoms. The zero-order chi connectivity index (χ0) is 12.8. The number of aliphatic hydroxyl groups excluding tert-OH is 1. The standard InChI is InChI=1S/C15H25NO/c1-11(5-6-17)9-16-10-15-8-13(3)12(2)7-14(15)4/h7-8,11,16-17H,5-6,9-10H2,1-4H3. The Morgan fingerprint density at radius 2 is 1.76 bits per heavy atom. The first-order valence-electron chi connectivity index (χ1n) is 6.43. The topological polar surface area (TPSA) is 32.3 Å². The summed E-state index contributed by atoms with van der Waals surface area (Å²) in [6, 6.07) is 4.53. The molecular formula is C15H25NO. The fourth-order valence-electron chi connectivity index (χ4n) is 1.99. The molecule has 0 amide bonds. The maximum Gasteiger partial charge on any atom is 0.0434 e. The van der Waals surface area contributed by atoms with Crippen molar-refractivity contribution in [2.45, 2.75) is 40.7 Å². The Morgan fingerprint density at radius 1 is 1.12 bits per heavy atom. The summed E-state index contributed by atoms with van der Waals surface area (Å²) >= 11 is 0. The zero-order valence-corrected chi connectivity index (χ0v) is 11.5. The zero-order valence-electron chi connectivity index (χ0n) is 11.5. The van der Waals surface area contributed by atoms with Gasteiger partial charge in [-0.05, 0) is 61.9 Å². The summed E-state index contributed by atoms with van der Waals surface area (Å²) in [5.41, 5.74) is 5.45. The molecule has 0 aliphatic heterocycles. The van der Waals surface area contributed by atoms with E-state index in [1.165, 1.54) is 22.3 Å². The van der Waals surface area contributed by atoms with Gasteiger partial charge in [-0.2, -0.15) is 0 Å². The number of rotatable bonds is 6. The van der Waals surface area contributed by atoms with E-state index < -0.39 is 0 Å². The Hall–Kier alpha value is -0.860. The Balaban J connectivity index is 2.49. The average molecular weight is 235 g/mol. The Morgan fingerprint density at radius 3 is 2.41 bits per heavy atom. The van der Waals surface area contributed by atoms with Gasteiger partial charge in [0, 0.05) is 13.2 Å². The number of aryl methyl sites for hydroxylation is 3. The molecule has 0 heterocycles. The minimum absolute atomic E-state index is 0.283. The first kappa shape index (κ1) is 14.2. The third kappa shape index (κ3) is 4.49. The summed E-state index contributed by atoms with van der Waals surface area (Å²) in [4.78, 5) is 0. The fraction of sp³-hybridized carbons (Fsp3) is 0.600. The predicted molar refractivity (Wildman–Crippen MR) is 73.2 cm³/mol. The molecule has 96 valence electrons. The summed E-state index contributed by atoms with van der Waals surface area (Å²) in [7, 11) is 0. The molecule has 1 atom stereocenters. The van der Waals surface area contributed by atoms with Crippen molar-refractivity contribution in [3.8, 4) is 0 Å². The second kappa shape index (κ2) is 6.77. The van der Waals surface area contributed by atoms with Gasteiger partial charge in [0.1, 0.15) is 0 Å². The van der Waals surface area contributed by atoms with E-state index in [4.69, 9.17) is 5.11 Å². The van der Waals surface area contributed by atoms with Crippen molar-refractivity contribution in [1.82, 2.24) is 5.32 Å². The molecule has 0 aliphatic rings. The van der Waals surface area contributed by atoms with Crippen LogP contribution in [0.15, 0.2) is 12.1 Å². The SMILES string of the molecule is Cc1cc(C)c(CNCC(C)CCO)cc1C. The second-order valence-corrected chi connectivity index (χ2v) is 5.11. The third-order valence-electron chi connectivity index (χ3n) is 3.38. The second-order valence-electron chi connectivity index (χ2n) is 5.11. The highest BCUT2D eigenvalue weighted by Crippen LogP contribution is 2.15. The number of nitrogens with one attached hydrogen (secondary N) is 1. The molecule has 0 radical (unpaired) electrons. The van der Waals surface area contributed by atoms with Gasteiger partial charge in [0.2, 0.25) is 0 Å². The van der Waals surface area contributed by atoms with Gasteiger partial charge in [-0.15, -0.1) is 0 Å². The van der Waals surface area contributed by atoms with Crippen LogP contribution in [-0.4, -0.2) is 18.3 Å². The minimum atomic E-state index is 0.283. The minimum Gasteiger partial charge on any atom is -0.396 e. The molecule has 2 nitrogen and oxygen atoms in total. The molecule has 0 bridgehead atoms. The van der Waals surface area contributed by atoms with E-state index in [0.29, 0.717) is 5.92 Å². The van der Waals surface area contributed by atoms with Crippen molar-refractivity contribution in [2.24, 2.45) is 5.92 Å². The van der Waals surface area contributed by atoms with Crippen LogP contribution in [0.2, 0.25) is 0 Å². The Kier molecular flexibility index (Phi) is 5.66. The van der Waals surface area contributed by atoms with Crippen LogP contribution in [0.3, 0.4) is 0 Å². The van der Waals surface area contributed by atoms with E-state index in [-0.39, 0.29) is 6.61 Å². The largest absolute Gasteiger partial charge is 0.396 e. The summed E-state index contributed by atoms with van der Waals surface area (Å²) in [5.74, 6) is 0.534. The molecule has 2 N–H and O–H groups in total. The van der Waals surface area contributed by atoms with E-state index in [1.54, 1.807) is 0 Å². The summed E-state index contributed by atoms with van der Waals surface area (Å²) in [6.45, 7) is 10.8. The van der Waals surface area contributed by atoms with Crippen molar-refractivity contribution in [1.29, 1.82) is 0 Å². The van der Waals surface area contributed by atoms with E-state index >= 15 is 0 Å². The number of hydrogen-bond acceptors (Lipinski definition) is 2. The van der Waals surface area contributed by atoms with Gasteiger partial charge in [-0.25, -0.2) is 0 Å². The molecule has 1 unspecified atom stereocenters. The molecule has 1 aromatic carbocycles. The van der Waals surface area contributed by atoms with Gasteiger partial charge in [-0.1, -0.05) is 19.1 Å². The normalized spacial score (nSPS) is 12.8. The first-order valence-corrected chi connectivity index (χ1v) is 6.43. The lowest BCUT2D eigenvalue weighted by Crippen LogP contribution is -2.21. The van der Waals surface area contributed by atoms with Gasteiger partial charge in [0.15, 0.2) is 0 Å². The molecule has 0 aliphatic carbocycles. The highest BCUT2D eigenvalue weighted by molar-refractivity contribution is 5.36. The summed E-state index contributed by atoms with van der Waals surface area (Å²) < 4.78 is 0. The van der Waals surface area contributed by atoms with E-state index in [1.807, 2.05) is 0 Å². The molecular weight excluding hydrogens is 210 g/mol. The van der Waals surface area contributed by atoms with Gasteiger partial charge < -0.3 is 10.4 Å². The summed E-state index contributed by atoms with van der Waals surface area (Å²) in [5, 5.41) is 12.3. The van der Waals surface area contributed by atoms with Crippen LogP contribution in [0.5, 0.6) is 0 Å². The maximum absolute atomic E-state index is 8.84. The van der Waals surface area contributed by atoms with Crippen LogP contribution in [-0.2, 0) is 6.54 Å². The molecule has 1 aromatic rings. The van der Waals surface area contributed by atoms with Crippen LogP contribution in [0.4, 0.5) is 0 Å². The maximum atomic E-state index is 8.84. The lowest BCUT2D eigenvalue weighted by molar-refractivity contribution is 0.260. The predicted octanol–water partition coefficient (Wildman–Crippen LogP) is 2.72. The fourth-order valence-corrected chi connectivity index (χ4v) is 1.99. The Labute approximate surface area is 105 Å². The van der Waals surface area contributed by atoms with Crippen LogP contribution in [0.25, 0.3) is 0 Å². The average Bonchev–Trinajstić information content (AvgIpc) is 2.26. The highest BCUT2D eigenvalue weighted by Gasteiger charge is 2.03. The van der Waals surface area contributed by atoms with Gasteiger partial charge in [-0.3, -0.25) is 0 Å². The van der Waals surface area contributed by atoms with Crippen molar-refractivity contribution in [2.75, 3.05) is 13.2 Å². The van der Waals surface area contributed by atoms with E-state index in [0.717, 1.165) is 19.5 Å². The number of aliphatic hydroxyl groups is 1. The molecule has 2 heteroatoms. The summed E-state index contributed by atoms with van der Waals surface area (Å²) in [6.07, 6.45) is 0.874. The lowest BCUT2D eigenvalue weighted by Gasteiger charge is -2.14. The molecule has 1 rings (SSSR count). The third-order valence-corrected chi connectivity index (χ3v) is 3.38. The number of benzene rings is 1.